The monoisotopic (exact) mass is 121 g/mol. The molecule has 0 aromatic carbocycles. The van der Waals surface area contributed by atoms with Crippen LogP contribution in [0.5, 0.6) is 0 Å². The minimum atomic E-state index is -0.125. The van der Waals surface area contributed by atoms with Crippen LogP contribution in [0.25, 0.3) is 0 Å². The molecule has 0 amide bonds. The topological polar surface area (TPSA) is 95.8 Å². The molecule has 0 fully saturated rings. The zero-order chi connectivity index (χ0) is 6.12. The minimum Gasteiger partial charge on any atom is -0.412 e. The van der Waals surface area contributed by atoms with Crippen molar-refractivity contribution in [3.8, 4) is 6.07 Å². The van der Waals surface area contributed by atoms with Gasteiger partial charge in [0.05, 0.1) is 19.3 Å². The van der Waals surface area contributed by atoms with Crippen LogP contribution in [0.15, 0.2) is 0 Å². The van der Waals surface area contributed by atoms with Crippen molar-refractivity contribution in [3.05, 3.63) is 0 Å². The number of aliphatic hydroxyl groups is 2. The molecule has 0 aromatic heterocycles. The molecule has 0 aromatic rings. The average Bonchev–Trinajstić information content (AvgIpc) is 1.69. The predicted molar refractivity (Wildman–Crippen MR) is 29.1 cm³/mol. The molecule has 0 atom stereocenters. The van der Waals surface area contributed by atoms with Crippen molar-refractivity contribution in [3.63, 3.8) is 0 Å². The van der Waals surface area contributed by atoms with E-state index in [1.165, 1.54) is 6.92 Å². The number of nitrogens with zero attached hydrogens (tertiary/aromatic N) is 1. The summed E-state index contributed by atoms with van der Waals surface area (Å²) in [6, 6.07) is 1.75. The maximum Gasteiger partial charge on any atom is 0.0662 e. The second kappa shape index (κ2) is 32.7. The Bertz CT molecular complexity index is 47.7. The van der Waals surface area contributed by atoms with E-state index >= 15 is 0 Å². The van der Waals surface area contributed by atoms with Crippen molar-refractivity contribution in [2.75, 3.05) is 13.2 Å². The van der Waals surface area contributed by atoms with Gasteiger partial charge in [-0.1, -0.05) is 0 Å². The summed E-state index contributed by atoms with van der Waals surface area (Å²) in [7, 11) is 0. The molecule has 0 unspecified atom stereocenters. The standard InChI is InChI=1S/C2H3N.C2H6O2.H2O/c1-2-3;3-1-2-4;/h1H3;3-4H,1-2H2;1H2. The number of hydrogen-bond donors (Lipinski definition) is 2. The van der Waals surface area contributed by atoms with Crippen LogP contribution >= 0.6 is 0 Å². The summed E-state index contributed by atoms with van der Waals surface area (Å²) >= 11 is 0. The van der Waals surface area contributed by atoms with E-state index in [-0.39, 0.29) is 18.7 Å². The molecule has 8 heavy (non-hydrogen) atoms. The van der Waals surface area contributed by atoms with Gasteiger partial charge in [0.1, 0.15) is 0 Å². The Hall–Kier alpha value is -0.630. The summed E-state index contributed by atoms with van der Waals surface area (Å²) in [6.07, 6.45) is 0. The Kier molecular flexibility index (Phi) is 64.0. The maximum atomic E-state index is 7.62. The number of nitriles is 1. The van der Waals surface area contributed by atoms with E-state index in [4.69, 9.17) is 15.5 Å². The van der Waals surface area contributed by atoms with Gasteiger partial charge in [-0.3, -0.25) is 0 Å². The van der Waals surface area contributed by atoms with E-state index in [0.717, 1.165) is 0 Å². The fourth-order valence-corrected chi connectivity index (χ4v) is 0. The Morgan fingerprint density at radius 2 is 1.50 bits per heavy atom. The van der Waals surface area contributed by atoms with Gasteiger partial charge in [0, 0.05) is 6.92 Å². The second-order valence-corrected chi connectivity index (χ2v) is 0.671. The van der Waals surface area contributed by atoms with E-state index in [1.54, 1.807) is 6.07 Å². The quantitative estimate of drug-likeness (QED) is 0.450. The zero-order valence-electron chi connectivity index (χ0n) is 4.76. The Labute approximate surface area is 48.3 Å². The third-order valence-electron chi connectivity index (χ3n) is 0.1000. The molecule has 0 aliphatic heterocycles. The van der Waals surface area contributed by atoms with Crippen LogP contribution in [0, 0.1) is 11.3 Å². The van der Waals surface area contributed by atoms with Crippen LogP contribution < -0.4 is 0 Å². The van der Waals surface area contributed by atoms with Gasteiger partial charge in [-0.2, -0.15) is 5.26 Å². The lowest BCUT2D eigenvalue weighted by atomic mass is 10.8. The van der Waals surface area contributed by atoms with Crippen molar-refractivity contribution in [2.24, 2.45) is 0 Å². The van der Waals surface area contributed by atoms with Gasteiger partial charge in [-0.25, -0.2) is 0 Å². The molecular formula is C4H11NO3. The van der Waals surface area contributed by atoms with Crippen LogP contribution in [0.1, 0.15) is 6.92 Å². The van der Waals surface area contributed by atoms with Crippen LogP contribution in [-0.2, 0) is 0 Å². The first-order valence-corrected chi connectivity index (χ1v) is 1.86. The summed E-state index contributed by atoms with van der Waals surface area (Å²) in [4.78, 5) is 0. The third-order valence-corrected chi connectivity index (χ3v) is 0.1000. The SMILES string of the molecule is CC#N.O.OCCO. The van der Waals surface area contributed by atoms with Crippen molar-refractivity contribution in [1.29, 1.82) is 5.26 Å². The lowest BCUT2D eigenvalue weighted by molar-refractivity contribution is 0.186. The maximum absolute atomic E-state index is 7.62. The van der Waals surface area contributed by atoms with Crippen LogP contribution in [0.3, 0.4) is 0 Å². The molecule has 0 aliphatic rings. The molecule has 4 nitrogen and oxygen atoms in total. The Morgan fingerprint density at radius 3 is 1.50 bits per heavy atom. The van der Waals surface area contributed by atoms with Gasteiger partial charge in [-0.05, 0) is 0 Å². The van der Waals surface area contributed by atoms with Gasteiger partial charge in [0.25, 0.3) is 0 Å². The van der Waals surface area contributed by atoms with E-state index in [0.29, 0.717) is 0 Å². The smallest absolute Gasteiger partial charge is 0.0662 e. The van der Waals surface area contributed by atoms with Gasteiger partial charge in [0.15, 0.2) is 0 Å². The molecule has 0 aliphatic carbocycles. The van der Waals surface area contributed by atoms with Crippen molar-refractivity contribution in [1.82, 2.24) is 0 Å². The number of hydrogen-bond acceptors (Lipinski definition) is 3. The predicted octanol–water partition coefficient (Wildman–Crippen LogP) is -1.32. The molecule has 0 saturated heterocycles. The highest BCUT2D eigenvalue weighted by Crippen LogP contribution is 1.39. The molecule has 4 N–H and O–H groups in total. The summed E-state index contributed by atoms with van der Waals surface area (Å²) in [5.41, 5.74) is 0. The van der Waals surface area contributed by atoms with E-state index in [2.05, 4.69) is 0 Å². The highest BCUT2D eigenvalue weighted by molar-refractivity contribution is 4.51. The van der Waals surface area contributed by atoms with Gasteiger partial charge >= 0.3 is 0 Å². The Morgan fingerprint density at radius 1 is 1.38 bits per heavy atom. The van der Waals surface area contributed by atoms with Gasteiger partial charge < -0.3 is 15.7 Å². The van der Waals surface area contributed by atoms with E-state index in [1.807, 2.05) is 0 Å². The van der Waals surface area contributed by atoms with Crippen LogP contribution in [0.4, 0.5) is 0 Å². The summed E-state index contributed by atoms with van der Waals surface area (Å²) in [5.74, 6) is 0. The molecule has 50 valence electrons. The molecule has 4 heteroatoms. The molecule has 0 spiro atoms. The lowest BCUT2D eigenvalue weighted by Crippen LogP contribution is -1.85. The Balaban J connectivity index is -0.0000000575. The van der Waals surface area contributed by atoms with E-state index < -0.39 is 0 Å². The molecule has 0 rings (SSSR count). The van der Waals surface area contributed by atoms with Gasteiger partial charge in [-0.15, -0.1) is 0 Å². The van der Waals surface area contributed by atoms with Crippen LogP contribution in [0.2, 0.25) is 0 Å². The number of rotatable bonds is 1. The largest absolute Gasteiger partial charge is 0.412 e. The van der Waals surface area contributed by atoms with Crippen LogP contribution in [-0.4, -0.2) is 28.9 Å². The third kappa shape index (κ3) is 749. The van der Waals surface area contributed by atoms with Crippen molar-refractivity contribution in [2.45, 2.75) is 6.92 Å². The summed E-state index contributed by atoms with van der Waals surface area (Å²) in [6.45, 7) is 1.18. The highest BCUT2D eigenvalue weighted by atomic mass is 16.3. The lowest BCUT2D eigenvalue weighted by Gasteiger charge is -1.70. The van der Waals surface area contributed by atoms with Gasteiger partial charge in [0.2, 0.25) is 0 Å². The second-order valence-electron chi connectivity index (χ2n) is 0.671. The average molecular weight is 121 g/mol. The first kappa shape index (κ1) is 15.7. The molecule has 0 saturated carbocycles. The fraction of sp³-hybridized carbons (Fsp3) is 0.750. The normalized spacial score (nSPS) is 4.75. The van der Waals surface area contributed by atoms with Crippen molar-refractivity contribution >= 4 is 0 Å². The minimum absolute atomic E-state index is 0. The van der Waals surface area contributed by atoms with Crippen molar-refractivity contribution < 1.29 is 15.7 Å². The zero-order valence-corrected chi connectivity index (χ0v) is 4.76. The first-order chi connectivity index (χ1) is 3.33. The highest BCUT2D eigenvalue weighted by Gasteiger charge is 1.58. The van der Waals surface area contributed by atoms with E-state index in [9.17, 15) is 0 Å². The summed E-state index contributed by atoms with van der Waals surface area (Å²) < 4.78 is 0. The number of aliphatic hydroxyl groups excluding tert-OH is 2. The molecule has 0 radical (unpaired) electrons. The molecule has 0 bridgehead atoms. The molecular weight excluding hydrogens is 110 g/mol. The first-order valence-electron chi connectivity index (χ1n) is 1.86. The molecule has 0 heterocycles. The summed E-state index contributed by atoms with van der Waals surface area (Å²) in [5, 5.41) is 22.6. The fourth-order valence-electron chi connectivity index (χ4n) is 0.